The Kier molecular flexibility index (Phi) is 7.82. The van der Waals surface area contributed by atoms with Crippen molar-refractivity contribution >= 4 is 0 Å². The molecule has 3 rings (SSSR count). The molecule has 0 bridgehead atoms. The second-order valence-corrected chi connectivity index (χ2v) is 12.5. The Morgan fingerprint density at radius 2 is 1.84 bits per heavy atom. The Morgan fingerprint density at radius 1 is 1.16 bits per heavy atom. The van der Waals surface area contributed by atoms with Crippen molar-refractivity contribution < 1.29 is 9.50 Å². The van der Waals surface area contributed by atoms with Crippen molar-refractivity contribution in [1.29, 1.82) is 0 Å². The topological polar surface area (TPSA) is 20.2 Å². The summed E-state index contributed by atoms with van der Waals surface area (Å²) >= 11 is 0. The molecule has 0 aliphatic heterocycles. The highest BCUT2D eigenvalue weighted by atomic mass is 19.1. The molecule has 0 aromatic rings. The van der Waals surface area contributed by atoms with E-state index in [1.54, 1.807) is 19.4 Å². The highest BCUT2D eigenvalue weighted by Gasteiger charge is 2.50. The van der Waals surface area contributed by atoms with Gasteiger partial charge in [-0.25, -0.2) is 4.39 Å². The summed E-state index contributed by atoms with van der Waals surface area (Å²) in [4.78, 5) is 0. The van der Waals surface area contributed by atoms with Crippen LogP contribution in [0.4, 0.5) is 4.39 Å². The first-order chi connectivity index (χ1) is 14.4. The lowest BCUT2D eigenvalue weighted by Crippen LogP contribution is -2.36. The fourth-order valence-corrected chi connectivity index (χ4v) is 7.45. The van der Waals surface area contributed by atoms with Gasteiger partial charge in [-0.05, 0) is 93.8 Å². The first-order valence-electron chi connectivity index (χ1n) is 13.2. The molecule has 1 nitrogen and oxygen atoms in total. The van der Waals surface area contributed by atoms with Gasteiger partial charge in [0.05, 0.1) is 6.10 Å². The zero-order valence-electron chi connectivity index (χ0n) is 21.4. The van der Waals surface area contributed by atoms with E-state index in [4.69, 9.17) is 0 Å². The van der Waals surface area contributed by atoms with Crippen LogP contribution < -0.4 is 0 Å². The Hall–Kier alpha value is -0.630. The third-order valence-electron chi connectivity index (χ3n) is 9.76. The molecular weight excluding hydrogens is 383 g/mol. The van der Waals surface area contributed by atoms with Gasteiger partial charge in [-0.3, -0.25) is 0 Å². The number of aliphatic hydroxyl groups excluding tert-OH is 1. The number of rotatable bonds is 6. The van der Waals surface area contributed by atoms with E-state index in [0.29, 0.717) is 35.5 Å². The van der Waals surface area contributed by atoms with Crippen LogP contribution in [-0.4, -0.2) is 16.9 Å². The summed E-state index contributed by atoms with van der Waals surface area (Å²) in [7, 11) is 0. The van der Waals surface area contributed by atoms with Crippen molar-refractivity contribution in [2.45, 2.75) is 118 Å². The van der Waals surface area contributed by atoms with E-state index in [2.05, 4.69) is 46.8 Å². The smallest absolute Gasteiger partial charge is 0.105 e. The van der Waals surface area contributed by atoms with E-state index in [1.807, 2.05) is 0 Å². The molecule has 0 heterocycles. The van der Waals surface area contributed by atoms with Gasteiger partial charge >= 0.3 is 0 Å². The molecule has 8 atom stereocenters. The van der Waals surface area contributed by atoms with E-state index in [-0.39, 0.29) is 12.0 Å². The molecule has 3 aliphatic carbocycles. The van der Waals surface area contributed by atoms with E-state index < -0.39 is 5.67 Å². The maximum absolute atomic E-state index is 13.9. The quantitative estimate of drug-likeness (QED) is 0.447. The fourth-order valence-electron chi connectivity index (χ4n) is 7.45. The molecule has 0 spiro atoms. The first kappa shape index (κ1) is 25.0. The van der Waals surface area contributed by atoms with Crippen LogP contribution in [0, 0.1) is 40.9 Å². The van der Waals surface area contributed by atoms with Gasteiger partial charge in [-0.1, -0.05) is 70.8 Å². The van der Waals surface area contributed by atoms with Gasteiger partial charge in [0.2, 0.25) is 0 Å². The number of hydrogen-bond acceptors (Lipinski definition) is 1. The molecule has 3 saturated carbocycles. The highest BCUT2D eigenvalue weighted by molar-refractivity contribution is 5.27. The number of aliphatic hydroxyl groups is 1. The molecular formula is C29H49FO. The maximum atomic E-state index is 13.9. The standard InChI is InChI=1S/C29H49FO/c1-19(10-8-16-28(5,6)30)25-14-15-26-23(11-9-17-29(25,26)7)12-13-24-18-20(2)21(3)27(31)22(24)4/h12-13,19-22,25-27,31H,8-11,14-18H2,1-7H3/b23-12+,24-13-/t19-,20-,21-,22?,25+,26-,27-,29+/m0/s1. The Balaban J connectivity index is 1.70. The SMILES string of the molecule is CC1/C(=C\C=C2/CCC[C@]3(C)[C@@H]([C@@H](C)CCCC(C)(C)F)CC[C@@H]23)C[C@H](C)[C@H](C)[C@@H]1O. The molecule has 3 fully saturated rings. The molecule has 0 aromatic carbocycles. The molecule has 0 amide bonds. The van der Waals surface area contributed by atoms with Gasteiger partial charge in [0, 0.05) is 5.92 Å². The van der Waals surface area contributed by atoms with Gasteiger partial charge in [0.1, 0.15) is 5.67 Å². The van der Waals surface area contributed by atoms with Crippen LogP contribution in [0.25, 0.3) is 0 Å². The lowest BCUT2D eigenvalue weighted by Gasteiger charge is -2.44. The Bertz CT molecular complexity index is 671. The van der Waals surface area contributed by atoms with E-state index in [9.17, 15) is 9.50 Å². The third kappa shape index (κ3) is 5.48. The van der Waals surface area contributed by atoms with Gasteiger partial charge in [0.25, 0.3) is 0 Å². The minimum Gasteiger partial charge on any atom is -0.392 e. The number of allylic oxidation sites excluding steroid dienone is 3. The molecule has 0 aromatic heterocycles. The molecule has 0 radical (unpaired) electrons. The van der Waals surface area contributed by atoms with E-state index >= 15 is 0 Å². The molecule has 2 heteroatoms. The lowest BCUT2D eigenvalue weighted by atomic mass is 9.60. The summed E-state index contributed by atoms with van der Waals surface area (Å²) < 4.78 is 13.9. The zero-order chi connectivity index (χ0) is 23.0. The van der Waals surface area contributed by atoms with Crippen LogP contribution in [0.15, 0.2) is 23.3 Å². The highest BCUT2D eigenvalue weighted by Crippen LogP contribution is 2.60. The molecule has 0 saturated heterocycles. The molecule has 178 valence electrons. The van der Waals surface area contributed by atoms with Gasteiger partial charge < -0.3 is 5.11 Å². The minimum atomic E-state index is -1.03. The summed E-state index contributed by atoms with van der Waals surface area (Å²) in [5.41, 5.74) is 2.48. The number of hydrogen-bond donors (Lipinski definition) is 1. The summed E-state index contributed by atoms with van der Waals surface area (Å²) in [6.45, 7) is 15.1. The minimum absolute atomic E-state index is 0.212. The van der Waals surface area contributed by atoms with E-state index in [0.717, 1.165) is 25.2 Å². The monoisotopic (exact) mass is 432 g/mol. The molecule has 3 aliphatic rings. The van der Waals surface area contributed by atoms with Crippen LogP contribution in [0.3, 0.4) is 0 Å². The first-order valence-corrected chi connectivity index (χ1v) is 13.2. The lowest BCUT2D eigenvalue weighted by molar-refractivity contribution is 0.0322. The van der Waals surface area contributed by atoms with Crippen LogP contribution in [-0.2, 0) is 0 Å². The van der Waals surface area contributed by atoms with Crippen LogP contribution in [0.1, 0.15) is 106 Å². The third-order valence-corrected chi connectivity index (χ3v) is 9.76. The average molecular weight is 433 g/mol. The molecule has 31 heavy (non-hydrogen) atoms. The molecule has 1 N–H and O–H groups in total. The van der Waals surface area contributed by atoms with Crippen molar-refractivity contribution in [3.8, 4) is 0 Å². The van der Waals surface area contributed by atoms with E-state index in [1.165, 1.54) is 37.7 Å². The normalized spacial score (nSPS) is 42.7. The Labute approximate surface area is 192 Å². The average Bonchev–Trinajstić information content (AvgIpc) is 3.04. The summed E-state index contributed by atoms with van der Waals surface area (Å²) in [5.74, 6) is 3.38. The molecule has 1 unspecified atom stereocenters. The van der Waals surface area contributed by atoms with Gasteiger partial charge in [-0.2, -0.15) is 0 Å². The predicted octanol–water partition coefficient (Wildman–Crippen LogP) is 8.28. The van der Waals surface area contributed by atoms with Crippen LogP contribution in [0.5, 0.6) is 0 Å². The van der Waals surface area contributed by atoms with Gasteiger partial charge in [0.15, 0.2) is 0 Å². The predicted molar refractivity (Wildman–Crippen MR) is 131 cm³/mol. The van der Waals surface area contributed by atoms with Crippen molar-refractivity contribution in [3.63, 3.8) is 0 Å². The fraction of sp³-hybridized carbons (Fsp3) is 0.862. The van der Waals surface area contributed by atoms with Crippen molar-refractivity contribution in [2.75, 3.05) is 0 Å². The Morgan fingerprint density at radius 3 is 2.52 bits per heavy atom. The summed E-state index contributed by atoms with van der Waals surface area (Å²) in [5, 5.41) is 10.6. The number of alkyl halides is 1. The summed E-state index contributed by atoms with van der Waals surface area (Å²) in [6, 6.07) is 0. The second kappa shape index (κ2) is 9.70. The summed E-state index contributed by atoms with van der Waals surface area (Å²) in [6.07, 6.45) is 15.1. The maximum Gasteiger partial charge on any atom is 0.105 e. The van der Waals surface area contributed by atoms with Crippen molar-refractivity contribution in [2.24, 2.45) is 40.9 Å². The largest absolute Gasteiger partial charge is 0.392 e. The van der Waals surface area contributed by atoms with Crippen molar-refractivity contribution in [3.05, 3.63) is 23.3 Å². The zero-order valence-corrected chi connectivity index (χ0v) is 21.4. The van der Waals surface area contributed by atoms with Crippen LogP contribution >= 0.6 is 0 Å². The van der Waals surface area contributed by atoms with Crippen LogP contribution in [0.2, 0.25) is 0 Å². The number of fused-ring (bicyclic) bond motifs is 1. The van der Waals surface area contributed by atoms with Gasteiger partial charge in [-0.15, -0.1) is 0 Å². The second-order valence-electron chi connectivity index (χ2n) is 12.5. The van der Waals surface area contributed by atoms with Crippen molar-refractivity contribution in [1.82, 2.24) is 0 Å². The number of halogens is 1.